The van der Waals surface area contributed by atoms with Crippen molar-refractivity contribution in [1.82, 2.24) is 9.88 Å². The molecule has 6 heteroatoms. The first-order valence-electron chi connectivity index (χ1n) is 8.70. The third kappa shape index (κ3) is 4.82. The lowest BCUT2D eigenvalue weighted by atomic mass is 10.1. The molecule has 0 saturated carbocycles. The Balaban J connectivity index is 2.31. The zero-order chi connectivity index (χ0) is 18.4. The molecule has 1 unspecified atom stereocenters. The van der Waals surface area contributed by atoms with Crippen LogP contribution in [0.2, 0.25) is 0 Å². The molecule has 1 aromatic carbocycles. The van der Waals surface area contributed by atoms with Crippen LogP contribution in [0.1, 0.15) is 51.3 Å². The summed E-state index contributed by atoms with van der Waals surface area (Å²) < 4.78 is 1.80. The topological polar surface area (TPSA) is 91.6 Å². The fraction of sp³-hybridized carbons (Fsp3) is 0.474. The largest absolute Gasteiger partial charge is 0.480 e. The highest BCUT2D eigenvalue weighted by atomic mass is 16.4. The number of aromatic nitrogens is 1. The van der Waals surface area contributed by atoms with E-state index >= 15 is 0 Å². The average molecular weight is 346 g/mol. The SMILES string of the molecule is CCCCCC(O)n1cc(C[C@H](NC(C)=O)C(=O)O)c2ccccc21. The van der Waals surface area contributed by atoms with E-state index in [1.807, 2.05) is 24.3 Å². The number of amides is 1. The summed E-state index contributed by atoms with van der Waals surface area (Å²) in [6, 6.07) is 6.61. The molecule has 0 aliphatic carbocycles. The van der Waals surface area contributed by atoms with Crippen molar-refractivity contribution in [3.05, 3.63) is 36.0 Å². The standard InChI is InChI=1S/C19H26N2O4/c1-3-4-5-10-18(23)21-12-14(15-8-6-7-9-17(15)21)11-16(19(24)25)20-13(2)22/h6-9,12,16,18,23H,3-5,10-11H2,1-2H3,(H,20,22)(H,24,25)/t16-,18?/m0/s1. The summed E-state index contributed by atoms with van der Waals surface area (Å²) in [7, 11) is 0. The first-order chi connectivity index (χ1) is 11.9. The Kier molecular flexibility index (Phi) is 6.58. The van der Waals surface area contributed by atoms with E-state index in [1.54, 1.807) is 10.8 Å². The molecule has 0 aliphatic heterocycles. The number of carbonyl (C=O) groups is 2. The quantitative estimate of drug-likeness (QED) is 0.609. The number of aliphatic carboxylic acids is 1. The van der Waals surface area contributed by atoms with Gasteiger partial charge in [0, 0.05) is 24.9 Å². The van der Waals surface area contributed by atoms with Crippen molar-refractivity contribution in [1.29, 1.82) is 0 Å². The molecular formula is C19H26N2O4. The van der Waals surface area contributed by atoms with Gasteiger partial charge in [0.2, 0.25) is 5.91 Å². The molecule has 0 aliphatic rings. The van der Waals surface area contributed by atoms with Gasteiger partial charge in [-0.1, -0.05) is 38.0 Å². The summed E-state index contributed by atoms with van der Waals surface area (Å²) in [6.45, 7) is 3.42. The molecule has 0 saturated heterocycles. The fourth-order valence-electron chi connectivity index (χ4n) is 3.07. The monoisotopic (exact) mass is 346 g/mol. The number of hydrogen-bond acceptors (Lipinski definition) is 3. The maximum Gasteiger partial charge on any atom is 0.326 e. The van der Waals surface area contributed by atoms with Crippen LogP contribution in [-0.2, 0) is 16.0 Å². The lowest BCUT2D eigenvalue weighted by molar-refractivity contribution is -0.141. The third-order valence-electron chi connectivity index (χ3n) is 4.31. The van der Waals surface area contributed by atoms with Gasteiger partial charge in [-0.2, -0.15) is 0 Å². The van der Waals surface area contributed by atoms with Gasteiger partial charge in [-0.3, -0.25) is 4.79 Å². The van der Waals surface area contributed by atoms with Crippen LogP contribution >= 0.6 is 0 Å². The maximum atomic E-state index is 11.4. The van der Waals surface area contributed by atoms with E-state index in [0.717, 1.165) is 35.7 Å². The Labute approximate surface area is 147 Å². The van der Waals surface area contributed by atoms with Crippen molar-refractivity contribution in [2.75, 3.05) is 0 Å². The molecule has 136 valence electrons. The molecule has 3 N–H and O–H groups in total. The molecule has 0 spiro atoms. The van der Waals surface area contributed by atoms with Gasteiger partial charge in [0.05, 0.1) is 5.52 Å². The number of fused-ring (bicyclic) bond motifs is 1. The van der Waals surface area contributed by atoms with Gasteiger partial charge < -0.3 is 20.1 Å². The van der Waals surface area contributed by atoms with Crippen LogP contribution in [0.25, 0.3) is 10.9 Å². The number of carboxylic acid groups (broad SMARTS) is 1. The minimum absolute atomic E-state index is 0.171. The molecule has 2 atom stereocenters. The Morgan fingerprint density at radius 3 is 2.60 bits per heavy atom. The number of carboxylic acids is 1. The van der Waals surface area contributed by atoms with Gasteiger partial charge in [0.25, 0.3) is 0 Å². The second-order valence-corrected chi connectivity index (χ2v) is 6.35. The average Bonchev–Trinajstić information content (AvgIpc) is 2.93. The number of nitrogens with zero attached hydrogens (tertiary/aromatic N) is 1. The molecule has 2 rings (SSSR count). The lowest BCUT2D eigenvalue weighted by Crippen LogP contribution is -2.41. The maximum absolute atomic E-state index is 11.4. The second-order valence-electron chi connectivity index (χ2n) is 6.35. The van der Waals surface area contributed by atoms with E-state index in [0.29, 0.717) is 6.42 Å². The van der Waals surface area contributed by atoms with E-state index in [2.05, 4.69) is 12.2 Å². The number of hydrogen-bond donors (Lipinski definition) is 3. The molecular weight excluding hydrogens is 320 g/mol. The normalized spacial score (nSPS) is 13.6. The molecule has 0 fully saturated rings. The molecule has 2 aromatic rings. The van der Waals surface area contributed by atoms with Gasteiger partial charge in [-0.05, 0) is 24.5 Å². The van der Waals surface area contributed by atoms with Crippen LogP contribution in [-0.4, -0.2) is 32.7 Å². The smallest absolute Gasteiger partial charge is 0.326 e. The van der Waals surface area contributed by atoms with Gasteiger partial charge >= 0.3 is 5.97 Å². The summed E-state index contributed by atoms with van der Waals surface area (Å²) in [5.74, 6) is -1.45. The molecule has 0 radical (unpaired) electrons. The van der Waals surface area contributed by atoms with Gasteiger partial charge in [-0.25, -0.2) is 4.79 Å². The van der Waals surface area contributed by atoms with Crippen LogP contribution in [0, 0.1) is 0 Å². The second kappa shape index (κ2) is 8.67. The number of carbonyl (C=O) groups excluding carboxylic acids is 1. The molecule has 25 heavy (non-hydrogen) atoms. The fourth-order valence-corrected chi connectivity index (χ4v) is 3.07. The first-order valence-corrected chi connectivity index (χ1v) is 8.70. The summed E-state index contributed by atoms with van der Waals surface area (Å²) in [6.07, 6.45) is 5.06. The molecule has 6 nitrogen and oxygen atoms in total. The van der Waals surface area contributed by atoms with Crippen LogP contribution in [0.15, 0.2) is 30.5 Å². The van der Waals surface area contributed by atoms with E-state index < -0.39 is 18.2 Å². The summed E-state index contributed by atoms with van der Waals surface area (Å²) in [5, 5.41) is 23.2. The Morgan fingerprint density at radius 1 is 1.24 bits per heavy atom. The van der Waals surface area contributed by atoms with Gasteiger partial charge in [-0.15, -0.1) is 0 Å². The van der Waals surface area contributed by atoms with Crippen LogP contribution in [0.4, 0.5) is 0 Å². The van der Waals surface area contributed by atoms with E-state index in [1.165, 1.54) is 6.92 Å². The minimum Gasteiger partial charge on any atom is -0.480 e. The molecule has 0 bridgehead atoms. The molecule has 1 aromatic heterocycles. The number of aliphatic hydroxyl groups excluding tert-OH is 1. The van der Waals surface area contributed by atoms with Crippen molar-refractivity contribution in [3.8, 4) is 0 Å². The zero-order valence-electron chi connectivity index (χ0n) is 14.7. The highest BCUT2D eigenvalue weighted by Gasteiger charge is 2.22. The Bertz CT molecular complexity index is 738. The number of benzene rings is 1. The highest BCUT2D eigenvalue weighted by Crippen LogP contribution is 2.27. The Morgan fingerprint density at radius 2 is 1.96 bits per heavy atom. The number of rotatable bonds is 9. The van der Waals surface area contributed by atoms with E-state index in [-0.39, 0.29) is 12.3 Å². The van der Waals surface area contributed by atoms with Crippen molar-refractivity contribution in [2.45, 2.75) is 58.2 Å². The van der Waals surface area contributed by atoms with Crippen LogP contribution < -0.4 is 5.32 Å². The zero-order valence-corrected chi connectivity index (χ0v) is 14.7. The van der Waals surface area contributed by atoms with Crippen molar-refractivity contribution in [3.63, 3.8) is 0 Å². The van der Waals surface area contributed by atoms with Gasteiger partial charge in [0.1, 0.15) is 12.3 Å². The Hall–Kier alpha value is -2.34. The highest BCUT2D eigenvalue weighted by molar-refractivity contribution is 5.86. The third-order valence-corrected chi connectivity index (χ3v) is 4.31. The van der Waals surface area contributed by atoms with E-state index in [9.17, 15) is 19.8 Å². The van der Waals surface area contributed by atoms with Crippen LogP contribution in [0.5, 0.6) is 0 Å². The van der Waals surface area contributed by atoms with Gasteiger partial charge in [0.15, 0.2) is 0 Å². The predicted molar refractivity (Wildman–Crippen MR) is 96.3 cm³/mol. The molecule has 1 amide bonds. The van der Waals surface area contributed by atoms with E-state index in [4.69, 9.17) is 0 Å². The van der Waals surface area contributed by atoms with Crippen molar-refractivity contribution >= 4 is 22.8 Å². The number of para-hydroxylation sites is 1. The summed E-state index contributed by atoms with van der Waals surface area (Å²) in [5.41, 5.74) is 1.67. The van der Waals surface area contributed by atoms with Crippen molar-refractivity contribution < 1.29 is 19.8 Å². The lowest BCUT2D eigenvalue weighted by Gasteiger charge is -2.14. The summed E-state index contributed by atoms with van der Waals surface area (Å²) in [4.78, 5) is 22.7. The summed E-state index contributed by atoms with van der Waals surface area (Å²) >= 11 is 0. The number of aliphatic hydroxyl groups is 1. The number of nitrogens with one attached hydrogen (secondary N) is 1. The number of unbranched alkanes of at least 4 members (excludes halogenated alkanes) is 2. The first kappa shape index (κ1) is 19.0. The predicted octanol–water partition coefficient (Wildman–Crippen LogP) is 2.84. The minimum atomic E-state index is -1.07. The van der Waals surface area contributed by atoms with Crippen molar-refractivity contribution in [2.24, 2.45) is 0 Å². The van der Waals surface area contributed by atoms with Crippen LogP contribution in [0.3, 0.4) is 0 Å². The molecule has 1 heterocycles.